The number of benzene rings is 1. The fourth-order valence-electron chi connectivity index (χ4n) is 2.62. The van der Waals surface area contributed by atoms with Crippen LogP contribution in [0.4, 0.5) is 5.69 Å². The zero-order chi connectivity index (χ0) is 15.3. The molecular formula is C16H24N2O3. The lowest BCUT2D eigenvalue weighted by atomic mass is 9.98. The van der Waals surface area contributed by atoms with Crippen LogP contribution >= 0.6 is 0 Å². The summed E-state index contributed by atoms with van der Waals surface area (Å²) in [5, 5.41) is 2.91. The van der Waals surface area contributed by atoms with Crippen LogP contribution < -0.4 is 20.5 Å². The average Bonchev–Trinajstić information content (AvgIpc) is 2.90. The molecule has 1 saturated carbocycles. The molecule has 0 heterocycles. The van der Waals surface area contributed by atoms with Crippen LogP contribution in [0.5, 0.6) is 11.5 Å². The van der Waals surface area contributed by atoms with Gasteiger partial charge in [-0.05, 0) is 38.8 Å². The summed E-state index contributed by atoms with van der Waals surface area (Å²) in [6, 6.07) is 5.42. The number of carbonyl (C=O) groups excluding carboxylic acids is 1. The highest BCUT2D eigenvalue weighted by Gasteiger charge is 2.37. The molecule has 1 aromatic carbocycles. The number of anilines is 1. The van der Waals surface area contributed by atoms with Crippen LogP contribution in [0.15, 0.2) is 18.2 Å². The summed E-state index contributed by atoms with van der Waals surface area (Å²) in [5.74, 6) is 1.19. The third-order valence-electron chi connectivity index (χ3n) is 3.76. The zero-order valence-corrected chi connectivity index (χ0v) is 12.8. The third-order valence-corrected chi connectivity index (χ3v) is 3.76. The minimum absolute atomic E-state index is 0.144. The standard InChI is InChI=1S/C16H24N2O3/c1-3-20-12-7-8-14(21-4-2)13(11-12)18-15(19)16(17)9-5-6-10-16/h7-8,11H,3-6,9-10,17H2,1-2H3,(H,18,19). The van der Waals surface area contributed by atoms with E-state index in [9.17, 15) is 4.79 Å². The van der Waals surface area contributed by atoms with Crippen LogP contribution in [0.1, 0.15) is 39.5 Å². The lowest BCUT2D eigenvalue weighted by Crippen LogP contribution is -2.48. The Kier molecular flexibility index (Phi) is 5.07. The van der Waals surface area contributed by atoms with Gasteiger partial charge in [0.25, 0.3) is 0 Å². The minimum Gasteiger partial charge on any atom is -0.494 e. The maximum Gasteiger partial charge on any atom is 0.244 e. The summed E-state index contributed by atoms with van der Waals surface area (Å²) >= 11 is 0. The van der Waals surface area contributed by atoms with E-state index < -0.39 is 5.54 Å². The van der Waals surface area contributed by atoms with Crippen molar-refractivity contribution in [1.82, 2.24) is 0 Å². The van der Waals surface area contributed by atoms with Gasteiger partial charge in [0.1, 0.15) is 11.5 Å². The van der Waals surface area contributed by atoms with Crippen molar-refractivity contribution < 1.29 is 14.3 Å². The van der Waals surface area contributed by atoms with Gasteiger partial charge in [0.05, 0.1) is 24.4 Å². The van der Waals surface area contributed by atoms with Crippen LogP contribution in [-0.2, 0) is 4.79 Å². The predicted molar refractivity (Wildman–Crippen MR) is 82.8 cm³/mol. The first-order valence-corrected chi connectivity index (χ1v) is 7.59. The summed E-state index contributed by atoms with van der Waals surface area (Å²) in [6.45, 7) is 4.93. The number of ether oxygens (including phenoxy) is 2. The van der Waals surface area contributed by atoms with Crippen LogP contribution in [0.2, 0.25) is 0 Å². The summed E-state index contributed by atoms with van der Waals surface area (Å²) in [7, 11) is 0. The third kappa shape index (κ3) is 3.67. The number of carbonyl (C=O) groups is 1. The number of rotatable bonds is 6. The first kappa shape index (κ1) is 15.6. The average molecular weight is 292 g/mol. The fraction of sp³-hybridized carbons (Fsp3) is 0.562. The van der Waals surface area contributed by atoms with E-state index in [0.717, 1.165) is 25.7 Å². The van der Waals surface area contributed by atoms with E-state index in [2.05, 4.69) is 5.32 Å². The second-order valence-electron chi connectivity index (χ2n) is 5.34. The Balaban J connectivity index is 2.19. The first-order valence-electron chi connectivity index (χ1n) is 7.59. The Morgan fingerprint density at radius 3 is 2.52 bits per heavy atom. The zero-order valence-electron chi connectivity index (χ0n) is 12.8. The predicted octanol–water partition coefficient (Wildman–Crippen LogP) is 2.69. The van der Waals surface area contributed by atoms with Gasteiger partial charge in [-0.2, -0.15) is 0 Å². The normalized spacial score (nSPS) is 16.5. The molecule has 1 fully saturated rings. The van der Waals surface area contributed by atoms with E-state index in [-0.39, 0.29) is 5.91 Å². The van der Waals surface area contributed by atoms with Crippen LogP contribution in [0.25, 0.3) is 0 Å². The van der Waals surface area contributed by atoms with Gasteiger partial charge < -0.3 is 20.5 Å². The summed E-state index contributed by atoms with van der Waals surface area (Å²) < 4.78 is 11.0. The van der Waals surface area contributed by atoms with Crippen molar-refractivity contribution in [1.29, 1.82) is 0 Å². The Bertz CT molecular complexity index is 496. The molecule has 0 saturated heterocycles. The molecule has 1 amide bonds. The maximum absolute atomic E-state index is 12.4. The highest BCUT2D eigenvalue weighted by molar-refractivity contribution is 5.99. The minimum atomic E-state index is -0.759. The molecule has 1 aliphatic carbocycles. The second-order valence-corrected chi connectivity index (χ2v) is 5.34. The van der Waals surface area contributed by atoms with Gasteiger partial charge in [-0.25, -0.2) is 0 Å². The van der Waals surface area contributed by atoms with Crippen molar-refractivity contribution in [2.75, 3.05) is 18.5 Å². The molecule has 3 N–H and O–H groups in total. The van der Waals surface area contributed by atoms with Gasteiger partial charge >= 0.3 is 0 Å². The largest absolute Gasteiger partial charge is 0.494 e. The molecule has 5 nitrogen and oxygen atoms in total. The summed E-state index contributed by atoms with van der Waals surface area (Å²) in [5.41, 5.74) is 6.04. The van der Waals surface area contributed by atoms with Gasteiger partial charge in [-0.3, -0.25) is 4.79 Å². The topological polar surface area (TPSA) is 73.6 Å². The molecule has 1 aliphatic rings. The number of nitrogens with two attached hydrogens (primary N) is 1. The molecule has 21 heavy (non-hydrogen) atoms. The number of amides is 1. The van der Waals surface area contributed by atoms with Crippen LogP contribution in [-0.4, -0.2) is 24.7 Å². The van der Waals surface area contributed by atoms with Crippen molar-refractivity contribution in [3.63, 3.8) is 0 Å². The molecule has 116 valence electrons. The van der Waals surface area contributed by atoms with E-state index in [1.165, 1.54) is 0 Å². The van der Waals surface area contributed by atoms with Gasteiger partial charge in [0.15, 0.2) is 0 Å². The quantitative estimate of drug-likeness (QED) is 0.845. The Morgan fingerprint density at radius 2 is 1.90 bits per heavy atom. The molecular weight excluding hydrogens is 268 g/mol. The van der Waals surface area contributed by atoms with E-state index in [1.807, 2.05) is 26.0 Å². The molecule has 0 spiro atoms. The summed E-state index contributed by atoms with van der Waals surface area (Å²) in [6.07, 6.45) is 3.46. The summed E-state index contributed by atoms with van der Waals surface area (Å²) in [4.78, 5) is 12.4. The lowest BCUT2D eigenvalue weighted by molar-refractivity contribution is -0.121. The number of nitrogens with one attached hydrogen (secondary N) is 1. The lowest BCUT2D eigenvalue weighted by Gasteiger charge is -2.23. The molecule has 0 radical (unpaired) electrons. The molecule has 0 unspecified atom stereocenters. The fourth-order valence-corrected chi connectivity index (χ4v) is 2.62. The van der Waals surface area contributed by atoms with Crippen molar-refractivity contribution in [2.24, 2.45) is 5.73 Å². The number of hydrogen-bond acceptors (Lipinski definition) is 4. The Hall–Kier alpha value is -1.75. The van der Waals surface area contributed by atoms with Gasteiger partial charge in [-0.1, -0.05) is 12.8 Å². The highest BCUT2D eigenvalue weighted by Crippen LogP contribution is 2.33. The smallest absolute Gasteiger partial charge is 0.244 e. The number of hydrogen-bond donors (Lipinski definition) is 2. The van der Waals surface area contributed by atoms with Crippen LogP contribution in [0.3, 0.4) is 0 Å². The Morgan fingerprint density at radius 1 is 1.24 bits per heavy atom. The molecule has 5 heteroatoms. The first-order chi connectivity index (χ1) is 10.1. The molecule has 1 aromatic rings. The molecule has 0 atom stereocenters. The second kappa shape index (κ2) is 6.80. The molecule has 0 bridgehead atoms. The SMILES string of the molecule is CCOc1ccc(OCC)c(NC(=O)C2(N)CCCC2)c1. The van der Waals surface area contributed by atoms with Crippen molar-refractivity contribution in [3.05, 3.63) is 18.2 Å². The Labute approximate surface area is 125 Å². The van der Waals surface area contributed by atoms with Crippen molar-refractivity contribution >= 4 is 11.6 Å². The molecule has 0 aromatic heterocycles. The maximum atomic E-state index is 12.4. The van der Waals surface area contributed by atoms with Crippen molar-refractivity contribution in [2.45, 2.75) is 45.1 Å². The molecule has 0 aliphatic heterocycles. The van der Waals surface area contributed by atoms with Gasteiger partial charge in [0, 0.05) is 6.07 Å². The van der Waals surface area contributed by atoms with E-state index >= 15 is 0 Å². The van der Waals surface area contributed by atoms with Crippen LogP contribution in [0, 0.1) is 0 Å². The monoisotopic (exact) mass is 292 g/mol. The van der Waals surface area contributed by atoms with E-state index in [0.29, 0.717) is 30.4 Å². The van der Waals surface area contributed by atoms with E-state index in [4.69, 9.17) is 15.2 Å². The van der Waals surface area contributed by atoms with E-state index in [1.54, 1.807) is 6.07 Å². The van der Waals surface area contributed by atoms with Gasteiger partial charge in [-0.15, -0.1) is 0 Å². The van der Waals surface area contributed by atoms with Crippen molar-refractivity contribution in [3.8, 4) is 11.5 Å². The van der Waals surface area contributed by atoms with Gasteiger partial charge in [0.2, 0.25) is 5.91 Å². The highest BCUT2D eigenvalue weighted by atomic mass is 16.5. The molecule has 2 rings (SSSR count).